The topological polar surface area (TPSA) is 125 Å². The fourth-order valence-corrected chi connectivity index (χ4v) is 3.23. The summed E-state index contributed by atoms with van der Waals surface area (Å²) < 4.78 is 33.0. The number of amides is 1. The minimum Gasteiger partial charge on any atom is -0.482 e. The van der Waals surface area contributed by atoms with Crippen LogP contribution in [0.1, 0.15) is 15.9 Å². The Balaban J connectivity index is 2.04. The number of anilines is 1. The van der Waals surface area contributed by atoms with Gasteiger partial charge in [-0.05, 0) is 42.8 Å². The minimum absolute atomic E-state index is 0.0809. The lowest BCUT2D eigenvalue weighted by Gasteiger charge is -2.11. The van der Waals surface area contributed by atoms with Crippen LogP contribution in [0.4, 0.5) is 5.69 Å². The fraction of sp³-hybridized carbons (Fsp3) is 0.176. The van der Waals surface area contributed by atoms with Crippen molar-refractivity contribution in [3.63, 3.8) is 0 Å². The number of methoxy groups -OCH3 is 1. The first-order chi connectivity index (χ1) is 12.6. The molecule has 0 heterocycles. The van der Waals surface area contributed by atoms with Gasteiger partial charge in [-0.1, -0.05) is 17.7 Å². The molecule has 2 aromatic carbocycles. The van der Waals surface area contributed by atoms with Crippen molar-refractivity contribution < 1.29 is 27.5 Å². The standard InChI is InChI=1S/C17H17ClN2O6S/c1-10-3-5-12(8-15(10)27(19,23)24)20-16(21)9-26-14-6-4-11(7-13(14)18)17(22)25-2/h3-8H,9H2,1-2H3,(H,20,21)(H2,19,23,24). The van der Waals surface area contributed by atoms with E-state index in [1.54, 1.807) is 13.0 Å². The minimum atomic E-state index is -3.90. The van der Waals surface area contributed by atoms with Gasteiger partial charge in [0.05, 0.1) is 22.6 Å². The summed E-state index contributed by atoms with van der Waals surface area (Å²) in [5.74, 6) is -0.882. The highest BCUT2D eigenvalue weighted by Crippen LogP contribution is 2.26. The molecular formula is C17H17ClN2O6S. The van der Waals surface area contributed by atoms with Gasteiger partial charge in [0.25, 0.3) is 5.91 Å². The van der Waals surface area contributed by atoms with Crippen molar-refractivity contribution in [1.82, 2.24) is 0 Å². The third kappa shape index (κ3) is 5.43. The average molecular weight is 413 g/mol. The van der Waals surface area contributed by atoms with Crippen molar-refractivity contribution in [3.05, 3.63) is 52.5 Å². The second kappa shape index (κ2) is 8.38. The van der Waals surface area contributed by atoms with Crippen LogP contribution in [0, 0.1) is 6.92 Å². The predicted octanol–water partition coefficient (Wildman–Crippen LogP) is 2.10. The summed E-state index contributed by atoms with van der Waals surface area (Å²) in [6, 6.07) is 8.58. The maximum atomic E-state index is 12.0. The second-order valence-corrected chi connectivity index (χ2v) is 7.44. The molecule has 1 amide bonds. The molecule has 10 heteroatoms. The number of sulfonamides is 1. The van der Waals surface area contributed by atoms with Crippen LogP contribution in [0.15, 0.2) is 41.3 Å². The molecule has 0 unspecified atom stereocenters. The summed E-state index contributed by atoms with van der Waals surface area (Å²) >= 11 is 6.02. The summed E-state index contributed by atoms with van der Waals surface area (Å²) in [5.41, 5.74) is 0.962. The average Bonchev–Trinajstić information content (AvgIpc) is 2.60. The van der Waals surface area contributed by atoms with Crippen molar-refractivity contribution in [3.8, 4) is 5.75 Å². The Morgan fingerprint density at radius 1 is 1.19 bits per heavy atom. The maximum Gasteiger partial charge on any atom is 0.337 e. The second-order valence-electron chi connectivity index (χ2n) is 5.50. The first-order valence-corrected chi connectivity index (χ1v) is 9.48. The number of nitrogens with one attached hydrogen (secondary N) is 1. The SMILES string of the molecule is COC(=O)c1ccc(OCC(=O)Nc2ccc(C)c(S(N)(=O)=O)c2)c(Cl)c1. The number of benzene rings is 2. The van der Waals surface area contributed by atoms with Gasteiger partial charge in [-0.3, -0.25) is 4.79 Å². The predicted molar refractivity (Wildman–Crippen MR) is 99.5 cm³/mol. The van der Waals surface area contributed by atoms with Gasteiger partial charge in [0, 0.05) is 5.69 Å². The summed E-state index contributed by atoms with van der Waals surface area (Å²) in [4.78, 5) is 23.4. The zero-order valence-electron chi connectivity index (χ0n) is 14.5. The Hall–Kier alpha value is -2.62. The van der Waals surface area contributed by atoms with Gasteiger partial charge in [0.2, 0.25) is 10.0 Å². The molecule has 0 bridgehead atoms. The highest BCUT2D eigenvalue weighted by Gasteiger charge is 2.14. The van der Waals surface area contributed by atoms with Crippen LogP contribution < -0.4 is 15.2 Å². The van der Waals surface area contributed by atoms with E-state index in [1.165, 1.54) is 37.4 Å². The number of hydrogen-bond acceptors (Lipinski definition) is 6. The van der Waals surface area contributed by atoms with Crippen LogP contribution in [-0.4, -0.2) is 34.0 Å². The number of carbonyl (C=O) groups is 2. The van der Waals surface area contributed by atoms with Gasteiger partial charge >= 0.3 is 5.97 Å². The van der Waals surface area contributed by atoms with Gasteiger partial charge in [0.15, 0.2) is 6.61 Å². The van der Waals surface area contributed by atoms with Gasteiger partial charge in [-0.25, -0.2) is 18.4 Å². The van der Waals surface area contributed by atoms with Crippen LogP contribution in [0.3, 0.4) is 0 Å². The highest BCUT2D eigenvalue weighted by atomic mass is 35.5. The summed E-state index contributed by atoms with van der Waals surface area (Å²) in [6.07, 6.45) is 0. The molecule has 0 saturated heterocycles. The van der Waals surface area contributed by atoms with E-state index in [2.05, 4.69) is 10.1 Å². The van der Waals surface area contributed by atoms with E-state index in [0.29, 0.717) is 5.56 Å². The third-order valence-corrected chi connectivity index (χ3v) is 4.84. The monoisotopic (exact) mass is 412 g/mol. The number of nitrogens with two attached hydrogens (primary N) is 1. The van der Waals surface area contributed by atoms with E-state index in [9.17, 15) is 18.0 Å². The number of esters is 1. The molecule has 27 heavy (non-hydrogen) atoms. The molecule has 0 atom stereocenters. The molecule has 2 aromatic rings. The number of halogens is 1. The van der Waals surface area contributed by atoms with Crippen molar-refractivity contribution in [2.75, 3.05) is 19.0 Å². The molecule has 3 N–H and O–H groups in total. The lowest BCUT2D eigenvalue weighted by atomic mass is 10.2. The molecule has 0 aliphatic heterocycles. The van der Waals surface area contributed by atoms with Crippen LogP contribution in [-0.2, 0) is 19.6 Å². The van der Waals surface area contributed by atoms with Gasteiger partial charge in [0.1, 0.15) is 5.75 Å². The van der Waals surface area contributed by atoms with E-state index < -0.39 is 21.9 Å². The number of ether oxygens (including phenoxy) is 2. The Labute approximate surface area is 161 Å². The molecule has 8 nitrogen and oxygen atoms in total. The normalized spacial score (nSPS) is 11.0. The lowest BCUT2D eigenvalue weighted by molar-refractivity contribution is -0.118. The smallest absolute Gasteiger partial charge is 0.337 e. The number of aryl methyl sites for hydroxylation is 1. The van der Waals surface area contributed by atoms with E-state index in [-0.39, 0.29) is 33.5 Å². The Bertz CT molecular complexity index is 991. The van der Waals surface area contributed by atoms with E-state index in [1.807, 2.05) is 0 Å². The molecular weight excluding hydrogens is 396 g/mol. The molecule has 0 aromatic heterocycles. The van der Waals surface area contributed by atoms with Gasteiger partial charge < -0.3 is 14.8 Å². The molecule has 0 saturated carbocycles. The molecule has 0 fully saturated rings. The van der Waals surface area contributed by atoms with Crippen molar-refractivity contribution in [1.29, 1.82) is 0 Å². The summed E-state index contributed by atoms with van der Waals surface area (Å²) in [6.45, 7) is 1.21. The molecule has 2 rings (SSSR count). The van der Waals surface area contributed by atoms with Gasteiger partial charge in [-0.15, -0.1) is 0 Å². The zero-order valence-corrected chi connectivity index (χ0v) is 16.1. The zero-order chi connectivity index (χ0) is 20.2. The molecule has 0 aliphatic rings. The third-order valence-electron chi connectivity index (χ3n) is 3.49. The first kappa shape index (κ1) is 20.7. The summed E-state index contributed by atoms with van der Waals surface area (Å²) in [7, 11) is -2.66. The Morgan fingerprint density at radius 3 is 2.48 bits per heavy atom. The van der Waals surface area contributed by atoms with E-state index in [4.69, 9.17) is 21.5 Å². The largest absolute Gasteiger partial charge is 0.482 e. The number of primary sulfonamides is 1. The maximum absolute atomic E-state index is 12.0. The quantitative estimate of drug-likeness (QED) is 0.700. The van der Waals surface area contributed by atoms with Gasteiger partial charge in [-0.2, -0.15) is 0 Å². The first-order valence-electron chi connectivity index (χ1n) is 7.56. The van der Waals surface area contributed by atoms with Crippen LogP contribution in [0.5, 0.6) is 5.75 Å². The molecule has 0 radical (unpaired) electrons. The Kier molecular flexibility index (Phi) is 6.42. The molecule has 0 spiro atoms. The van der Waals surface area contributed by atoms with Crippen LogP contribution in [0.25, 0.3) is 0 Å². The molecule has 144 valence electrons. The molecule has 0 aliphatic carbocycles. The number of rotatable bonds is 6. The fourth-order valence-electron chi connectivity index (χ4n) is 2.19. The van der Waals surface area contributed by atoms with Crippen molar-refractivity contribution >= 4 is 39.2 Å². The Morgan fingerprint density at radius 2 is 1.89 bits per heavy atom. The summed E-state index contributed by atoms with van der Waals surface area (Å²) in [5, 5.41) is 7.78. The number of carbonyl (C=O) groups excluding carboxylic acids is 2. The highest BCUT2D eigenvalue weighted by molar-refractivity contribution is 7.89. The van der Waals surface area contributed by atoms with E-state index in [0.717, 1.165) is 0 Å². The van der Waals surface area contributed by atoms with E-state index >= 15 is 0 Å². The number of hydrogen-bond donors (Lipinski definition) is 2. The van der Waals surface area contributed by atoms with Crippen molar-refractivity contribution in [2.45, 2.75) is 11.8 Å². The van der Waals surface area contributed by atoms with Crippen LogP contribution in [0.2, 0.25) is 5.02 Å². The lowest BCUT2D eigenvalue weighted by Crippen LogP contribution is -2.21. The van der Waals surface area contributed by atoms with Crippen LogP contribution >= 0.6 is 11.6 Å². The van der Waals surface area contributed by atoms with Crippen molar-refractivity contribution in [2.24, 2.45) is 5.14 Å².